The lowest BCUT2D eigenvalue weighted by Crippen LogP contribution is -2.41. The molecule has 0 fully saturated rings. The Morgan fingerprint density at radius 1 is 1.00 bits per heavy atom. The standard InChI is InChI=1S/C25H27ClN2O5S/c1-17-10-12-23(33-4)24(14-17)34(30,31)28(20-11-13-22(32-3)21(26)15-20)16-25(29)27-18(2)19-8-6-5-7-9-19/h5-15,18H,16H2,1-4H3,(H,27,29)/t18-/m1/s1. The fourth-order valence-corrected chi connectivity index (χ4v) is 5.38. The topological polar surface area (TPSA) is 84.9 Å². The zero-order valence-electron chi connectivity index (χ0n) is 19.4. The van der Waals surface area contributed by atoms with Gasteiger partial charge in [0.15, 0.2) is 0 Å². The molecule has 9 heteroatoms. The molecular formula is C25H27ClN2O5S. The number of hydrogen-bond donors (Lipinski definition) is 1. The van der Waals surface area contributed by atoms with Gasteiger partial charge in [-0.2, -0.15) is 0 Å². The molecule has 3 aromatic rings. The second kappa shape index (κ2) is 10.8. The minimum Gasteiger partial charge on any atom is -0.495 e. The SMILES string of the molecule is COc1ccc(N(CC(=O)N[C@H](C)c2ccccc2)S(=O)(=O)c2cc(C)ccc2OC)cc1Cl. The predicted octanol–water partition coefficient (Wildman–Crippen LogP) is 4.74. The molecule has 1 amide bonds. The summed E-state index contributed by atoms with van der Waals surface area (Å²) < 4.78 is 39.1. The first-order valence-electron chi connectivity index (χ1n) is 10.5. The number of anilines is 1. The summed E-state index contributed by atoms with van der Waals surface area (Å²) in [6.07, 6.45) is 0. The molecular weight excluding hydrogens is 476 g/mol. The van der Waals surface area contributed by atoms with E-state index in [0.717, 1.165) is 15.4 Å². The third-order valence-electron chi connectivity index (χ3n) is 5.27. The van der Waals surface area contributed by atoms with Gasteiger partial charge in [0.2, 0.25) is 5.91 Å². The maximum Gasteiger partial charge on any atom is 0.268 e. The van der Waals surface area contributed by atoms with Crippen molar-refractivity contribution in [2.45, 2.75) is 24.8 Å². The van der Waals surface area contributed by atoms with Crippen molar-refractivity contribution in [3.05, 3.63) is 82.9 Å². The zero-order chi connectivity index (χ0) is 24.9. The Labute approximate surface area is 205 Å². The zero-order valence-corrected chi connectivity index (χ0v) is 21.0. The summed E-state index contributed by atoms with van der Waals surface area (Å²) in [5.74, 6) is 0.0878. The molecule has 0 aromatic heterocycles. The van der Waals surface area contributed by atoms with Crippen LogP contribution in [0.15, 0.2) is 71.6 Å². The molecule has 0 radical (unpaired) electrons. The summed E-state index contributed by atoms with van der Waals surface area (Å²) in [7, 11) is -1.34. The second-order valence-electron chi connectivity index (χ2n) is 7.68. The molecule has 0 saturated carbocycles. The lowest BCUT2D eigenvalue weighted by molar-refractivity contribution is -0.120. The van der Waals surface area contributed by atoms with Crippen LogP contribution in [0, 0.1) is 6.92 Å². The van der Waals surface area contributed by atoms with E-state index in [2.05, 4.69) is 5.32 Å². The number of carbonyl (C=O) groups is 1. The molecule has 1 N–H and O–H groups in total. The van der Waals surface area contributed by atoms with Crippen molar-refractivity contribution in [2.75, 3.05) is 25.1 Å². The highest BCUT2D eigenvalue weighted by atomic mass is 35.5. The fraction of sp³-hybridized carbons (Fsp3) is 0.240. The largest absolute Gasteiger partial charge is 0.495 e. The van der Waals surface area contributed by atoms with E-state index in [1.165, 1.54) is 26.4 Å². The molecule has 0 aliphatic rings. The van der Waals surface area contributed by atoms with Crippen molar-refractivity contribution in [1.29, 1.82) is 0 Å². The molecule has 0 bridgehead atoms. The number of amides is 1. The van der Waals surface area contributed by atoms with Gasteiger partial charge in [-0.05, 0) is 55.3 Å². The number of halogens is 1. The van der Waals surface area contributed by atoms with Crippen molar-refractivity contribution in [3.8, 4) is 11.5 Å². The van der Waals surface area contributed by atoms with E-state index in [1.807, 2.05) is 37.3 Å². The molecule has 0 aliphatic carbocycles. The summed E-state index contributed by atoms with van der Waals surface area (Å²) >= 11 is 6.28. The molecule has 7 nitrogen and oxygen atoms in total. The van der Waals surface area contributed by atoms with Gasteiger partial charge >= 0.3 is 0 Å². The van der Waals surface area contributed by atoms with Crippen LogP contribution in [0.1, 0.15) is 24.1 Å². The van der Waals surface area contributed by atoms with Crippen LogP contribution >= 0.6 is 11.6 Å². The number of benzene rings is 3. The van der Waals surface area contributed by atoms with E-state index < -0.39 is 22.5 Å². The van der Waals surface area contributed by atoms with Gasteiger partial charge in [0.25, 0.3) is 10.0 Å². The van der Waals surface area contributed by atoms with E-state index in [1.54, 1.807) is 31.2 Å². The van der Waals surface area contributed by atoms with Crippen molar-refractivity contribution >= 4 is 33.2 Å². The molecule has 0 unspecified atom stereocenters. The Hall–Kier alpha value is -3.23. The number of ether oxygens (including phenoxy) is 2. The number of nitrogens with zero attached hydrogens (tertiary/aromatic N) is 1. The van der Waals surface area contributed by atoms with Crippen molar-refractivity contribution in [1.82, 2.24) is 5.32 Å². The predicted molar refractivity (Wildman–Crippen MR) is 133 cm³/mol. The normalized spacial score (nSPS) is 12.0. The first kappa shape index (κ1) is 25.4. The molecule has 0 heterocycles. The maximum absolute atomic E-state index is 13.8. The number of aryl methyl sites for hydroxylation is 1. The quantitative estimate of drug-likeness (QED) is 0.457. The first-order chi connectivity index (χ1) is 16.2. The lowest BCUT2D eigenvalue weighted by atomic mass is 10.1. The molecule has 34 heavy (non-hydrogen) atoms. The summed E-state index contributed by atoms with van der Waals surface area (Å²) in [5.41, 5.74) is 1.85. The van der Waals surface area contributed by atoms with Gasteiger partial charge in [-0.15, -0.1) is 0 Å². The van der Waals surface area contributed by atoms with Crippen LogP contribution in [0.2, 0.25) is 5.02 Å². The molecule has 3 rings (SSSR count). The van der Waals surface area contributed by atoms with Crippen molar-refractivity contribution in [2.24, 2.45) is 0 Å². The number of carbonyl (C=O) groups excluding carboxylic acids is 1. The molecule has 1 atom stereocenters. The monoisotopic (exact) mass is 502 g/mol. The first-order valence-corrected chi connectivity index (χ1v) is 12.3. The van der Waals surface area contributed by atoms with Crippen LogP contribution < -0.4 is 19.1 Å². The van der Waals surface area contributed by atoms with Gasteiger partial charge in [0.1, 0.15) is 22.9 Å². The van der Waals surface area contributed by atoms with E-state index in [9.17, 15) is 13.2 Å². The second-order valence-corrected chi connectivity index (χ2v) is 9.92. The van der Waals surface area contributed by atoms with Crippen LogP contribution in [0.25, 0.3) is 0 Å². The summed E-state index contributed by atoms with van der Waals surface area (Å²) in [6.45, 7) is 3.15. The van der Waals surface area contributed by atoms with E-state index in [-0.39, 0.29) is 27.4 Å². The highest BCUT2D eigenvalue weighted by Crippen LogP contribution is 2.34. The third-order valence-corrected chi connectivity index (χ3v) is 7.37. The molecule has 180 valence electrons. The van der Waals surface area contributed by atoms with Gasteiger partial charge in [0.05, 0.1) is 31.0 Å². The molecule has 0 aliphatic heterocycles. The van der Waals surface area contributed by atoms with Crippen LogP contribution in [0.4, 0.5) is 5.69 Å². The van der Waals surface area contributed by atoms with Crippen LogP contribution in [0.5, 0.6) is 11.5 Å². The Bertz CT molecular complexity index is 1270. The Balaban J connectivity index is 2.02. The summed E-state index contributed by atoms with van der Waals surface area (Å²) in [5, 5.41) is 3.08. The number of rotatable bonds is 9. The fourth-order valence-electron chi connectivity index (χ4n) is 3.47. The van der Waals surface area contributed by atoms with Gasteiger partial charge in [-0.3, -0.25) is 9.10 Å². The minimum atomic E-state index is -4.20. The third kappa shape index (κ3) is 5.63. The van der Waals surface area contributed by atoms with Gasteiger partial charge in [-0.1, -0.05) is 48.0 Å². The van der Waals surface area contributed by atoms with Crippen LogP contribution in [0.3, 0.4) is 0 Å². The number of nitrogens with one attached hydrogen (secondary N) is 1. The minimum absolute atomic E-state index is 0.0501. The van der Waals surface area contributed by atoms with E-state index in [0.29, 0.717) is 5.75 Å². The van der Waals surface area contributed by atoms with Crippen molar-refractivity contribution in [3.63, 3.8) is 0 Å². The smallest absolute Gasteiger partial charge is 0.268 e. The molecule has 3 aromatic carbocycles. The van der Waals surface area contributed by atoms with Gasteiger partial charge in [-0.25, -0.2) is 8.42 Å². The Kier molecular flexibility index (Phi) is 8.06. The average molecular weight is 503 g/mol. The molecule has 0 saturated heterocycles. The summed E-state index contributed by atoms with van der Waals surface area (Å²) in [6, 6.07) is 18.5. The van der Waals surface area contributed by atoms with E-state index in [4.69, 9.17) is 21.1 Å². The van der Waals surface area contributed by atoms with Crippen LogP contribution in [-0.4, -0.2) is 35.1 Å². The van der Waals surface area contributed by atoms with Gasteiger partial charge in [0, 0.05) is 0 Å². The Morgan fingerprint density at radius 3 is 2.26 bits per heavy atom. The van der Waals surface area contributed by atoms with Crippen molar-refractivity contribution < 1.29 is 22.7 Å². The van der Waals surface area contributed by atoms with Gasteiger partial charge < -0.3 is 14.8 Å². The highest BCUT2D eigenvalue weighted by molar-refractivity contribution is 7.93. The number of methoxy groups -OCH3 is 2. The van der Waals surface area contributed by atoms with E-state index >= 15 is 0 Å². The Morgan fingerprint density at radius 2 is 1.65 bits per heavy atom. The maximum atomic E-state index is 13.8. The number of hydrogen-bond acceptors (Lipinski definition) is 5. The number of sulfonamides is 1. The lowest BCUT2D eigenvalue weighted by Gasteiger charge is -2.26. The highest BCUT2D eigenvalue weighted by Gasteiger charge is 2.31. The van der Waals surface area contributed by atoms with Crippen LogP contribution in [-0.2, 0) is 14.8 Å². The summed E-state index contributed by atoms with van der Waals surface area (Å²) in [4.78, 5) is 13.0. The average Bonchev–Trinajstić information content (AvgIpc) is 2.82. The molecule has 0 spiro atoms.